The third-order valence-electron chi connectivity index (χ3n) is 6.59. The van der Waals surface area contributed by atoms with Gasteiger partial charge in [0, 0.05) is 13.2 Å². The number of para-hydroxylation sites is 2. The van der Waals surface area contributed by atoms with Crippen LogP contribution in [-0.4, -0.2) is 39.8 Å². The third-order valence-corrected chi connectivity index (χ3v) is 6.92. The van der Waals surface area contributed by atoms with Gasteiger partial charge in [0.2, 0.25) is 5.88 Å². The first-order chi connectivity index (χ1) is 18.5. The Hall–Kier alpha value is -3.68. The van der Waals surface area contributed by atoms with E-state index in [0.29, 0.717) is 41.6 Å². The van der Waals surface area contributed by atoms with E-state index < -0.39 is 5.82 Å². The van der Waals surface area contributed by atoms with Crippen LogP contribution in [0.15, 0.2) is 78.9 Å². The van der Waals surface area contributed by atoms with Gasteiger partial charge in [0.25, 0.3) is 5.91 Å². The maximum atomic E-state index is 14.7. The van der Waals surface area contributed by atoms with E-state index in [1.54, 1.807) is 52.0 Å². The standard InChI is InChI=1S/C30H29ClFN3O3/c1-2-27-24(20-34(19-22-13-10-18-37-22)29(36)23-14-6-7-15-25(23)31)30(38-28-17-9-8-16-26(28)32)35(33-27)21-11-4-3-5-12-21/h3-9,11-12,14-17,22H,2,10,13,18-20H2,1H3/t22-/m0/s1. The molecule has 196 valence electrons. The van der Waals surface area contributed by atoms with Gasteiger partial charge in [0.15, 0.2) is 11.6 Å². The van der Waals surface area contributed by atoms with Gasteiger partial charge in [-0.2, -0.15) is 5.10 Å². The van der Waals surface area contributed by atoms with Crippen molar-refractivity contribution >= 4 is 17.5 Å². The quantitative estimate of drug-likeness (QED) is 0.236. The highest BCUT2D eigenvalue weighted by Crippen LogP contribution is 2.34. The fourth-order valence-corrected chi connectivity index (χ4v) is 4.87. The molecule has 6 nitrogen and oxygen atoms in total. The Morgan fingerprint density at radius 1 is 1.11 bits per heavy atom. The molecule has 1 atom stereocenters. The first-order valence-electron chi connectivity index (χ1n) is 12.8. The number of amides is 1. The van der Waals surface area contributed by atoms with Gasteiger partial charge < -0.3 is 14.4 Å². The van der Waals surface area contributed by atoms with Gasteiger partial charge in [-0.3, -0.25) is 4.79 Å². The summed E-state index contributed by atoms with van der Waals surface area (Å²) in [6.07, 6.45) is 2.34. The summed E-state index contributed by atoms with van der Waals surface area (Å²) in [6.45, 7) is 3.26. The van der Waals surface area contributed by atoms with Crippen molar-refractivity contribution in [2.45, 2.75) is 38.8 Å². The average molecular weight is 534 g/mol. The molecular weight excluding hydrogens is 505 g/mol. The number of aromatic nitrogens is 2. The highest BCUT2D eigenvalue weighted by atomic mass is 35.5. The Labute approximate surface area is 226 Å². The van der Waals surface area contributed by atoms with Crippen LogP contribution in [0.2, 0.25) is 5.02 Å². The molecule has 38 heavy (non-hydrogen) atoms. The first kappa shape index (κ1) is 25.9. The molecule has 1 amide bonds. The highest BCUT2D eigenvalue weighted by molar-refractivity contribution is 6.33. The van der Waals surface area contributed by atoms with E-state index >= 15 is 0 Å². The van der Waals surface area contributed by atoms with Crippen molar-refractivity contribution in [2.24, 2.45) is 0 Å². The number of nitrogens with zero attached hydrogens (tertiary/aromatic N) is 3. The zero-order valence-electron chi connectivity index (χ0n) is 21.1. The number of carbonyl (C=O) groups excluding carboxylic acids is 1. The second-order valence-corrected chi connectivity index (χ2v) is 9.57. The molecule has 0 radical (unpaired) electrons. The summed E-state index contributed by atoms with van der Waals surface area (Å²) in [4.78, 5) is 15.5. The summed E-state index contributed by atoms with van der Waals surface area (Å²) in [6, 6.07) is 22.8. The van der Waals surface area contributed by atoms with Gasteiger partial charge in [-0.25, -0.2) is 9.07 Å². The topological polar surface area (TPSA) is 56.6 Å². The smallest absolute Gasteiger partial charge is 0.255 e. The number of hydrogen-bond donors (Lipinski definition) is 0. The second-order valence-electron chi connectivity index (χ2n) is 9.16. The zero-order chi connectivity index (χ0) is 26.5. The lowest BCUT2D eigenvalue weighted by Crippen LogP contribution is -2.37. The molecule has 0 aliphatic carbocycles. The normalized spacial score (nSPS) is 15.0. The van der Waals surface area contributed by atoms with Gasteiger partial charge in [0.1, 0.15) is 0 Å². The summed E-state index contributed by atoms with van der Waals surface area (Å²) >= 11 is 6.42. The van der Waals surface area contributed by atoms with Gasteiger partial charge >= 0.3 is 0 Å². The Kier molecular flexibility index (Phi) is 8.05. The number of halogens is 2. The van der Waals surface area contributed by atoms with Crippen molar-refractivity contribution in [1.29, 1.82) is 0 Å². The van der Waals surface area contributed by atoms with Gasteiger partial charge in [-0.05, 0) is 55.7 Å². The fourth-order valence-electron chi connectivity index (χ4n) is 4.65. The molecule has 1 fully saturated rings. The second kappa shape index (κ2) is 11.8. The van der Waals surface area contributed by atoms with Gasteiger partial charge in [-0.15, -0.1) is 0 Å². The van der Waals surface area contributed by atoms with E-state index in [4.69, 9.17) is 26.2 Å². The summed E-state index contributed by atoms with van der Waals surface area (Å²) in [5.41, 5.74) is 2.64. The molecular formula is C30H29ClFN3O3. The monoisotopic (exact) mass is 533 g/mol. The van der Waals surface area contributed by atoms with E-state index in [9.17, 15) is 9.18 Å². The van der Waals surface area contributed by atoms with Crippen molar-refractivity contribution in [2.75, 3.05) is 13.2 Å². The summed E-state index contributed by atoms with van der Waals surface area (Å²) in [5.74, 6) is -0.253. The van der Waals surface area contributed by atoms with Crippen LogP contribution in [0.1, 0.15) is 41.4 Å². The SMILES string of the molecule is CCc1nn(-c2ccccc2)c(Oc2ccccc2F)c1CN(C[C@@H]1CCCO1)C(=O)c1ccccc1Cl. The number of carbonyl (C=O) groups is 1. The molecule has 0 bridgehead atoms. The molecule has 4 aromatic rings. The molecule has 5 rings (SSSR count). The molecule has 1 aliphatic heterocycles. The zero-order valence-corrected chi connectivity index (χ0v) is 21.9. The third kappa shape index (κ3) is 5.59. The summed E-state index contributed by atoms with van der Waals surface area (Å²) in [7, 11) is 0. The molecule has 1 saturated heterocycles. The molecule has 0 N–H and O–H groups in total. The molecule has 1 aliphatic rings. The average Bonchev–Trinajstić information content (AvgIpc) is 3.58. The van der Waals surface area contributed by atoms with E-state index in [1.165, 1.54) is 6.07 Å². The van der Waals surface area contributed by atoms with E-state index in [2.05, 4.69) is 0 Å². The maximum absolute atomic E-state index is 14.7. The number of rotatable bonds is 9. The van der Waals surface area contributed by atoms with Crippen molar-refractivity contribution in [3.8, 4) is 17.3 Å². The van der Waals surface area contributed by atoms with Crippen LogP contribution in [0.5, 0.6) is 11.6 Å². The van der Waals surface area contributed by atoms with Crippen LogP contribution in [-0.2, 0) is 17.7 Å². The van der Waals surface area contributed by atoms with E-state index in [1.807, 2.05) is 37.3 Å². The summed E-state index contributed by atoms with van der Waals surface area (Å²) in [5, 5.41) is 5.22. The maximum Gasteiger partial charge on any atom is 0.255 e. The van der Waals surface area contributed by atoms with Crippen LogP contribution in [0.3, 0.4) is 0 Å². The van der Waals surface area contributed by atoms with Crippen molar-refractivity contribution in [3.05, 3.63) is 107 Å². The Morgan fingerprint density at radius 2 is 1.84 bits per heavy atom. The fraction of sp³-hybridized carbons (Fsp3) is 0.267. The Bertz CT molecular complexity index is 1400. The van der Waals surface area contributed by atoms with E-state index in [-0.39, 0.29) is 24.3 Å². The van der Waals surface area contributed by atoms with Gasteiger partial charge in [-0.1, -0.05) is 61.0 Å². The predicted octanol–water partition coefficient (Wildman–Crippen LogP) is 6.84. The molecule has 2 heterocycles. The number of benzene rings is 3. The Balaban J connectivity index is 1.60. The van der Waals surface area contributed by atoms with Crippen LogP contribution >= 0.6 is 11.6 Å². The summed E-state index contributed by atoms with van der Waals surface area (Å²) < 4.78 is 28.5. The van der Waals surface area contributed by atoms with Gasteiger partial charge in [0.05, 0.1) is 40.2 Å². The van der Waals surface area contributed by atoms with Crippen molar-refractivity contribution < 1.29 is 18.7 Å². The molecule has 1 aromatic heterocycles. The lowest BCUT2D eigenvalue weighted by molar-refractivity contribution is 0.0505. The van der Waals surface area contributed by atoms with Crippen LogP contribution in [0.25, 0.3) is 5.69 Å². The van der Waals surface area contributed by atoms with Crippen molar-refractivity contribution in [1.82, 2.24) is 14.7 Å². The lowest BCUT2D eigenvalue weighted by atomic mass is 10.1. The van der Waals surface area contributed by atoms with Crippen LogP contribution in [0, 0.1) is 5.82 Å². The lowest BCUT2D eigenvalue weighted by Gasteiger charge is -2.26. The number of hydrogen-bond acceptors (Lipinski definition) is 4. The Morgan fingerprint density at radius 3 is 2.55 bits per heavy atom. The van der Waals surface area contributed by atoms with Crippen LogP contribution < -0.4 is 4.74 Å². The minimum absolute atomic E-state index is 0.0772. The largest absolute Gasteiger partial charge is 0.435 e. The molecule has 0 spiro atoms. The van der Waals surface area contributed by atoms with E-state index in [0.717, 1.165) is 24.2 Å². The highest BCUT2D eigenvalue weighted by Gasteiger charge is 2.29. The molecule has 3 aromatic carbocycles. The molecule has 0 saturated carbocycles. The minimum atomic E-state index is -0.485. The predicted molar refractivity (Wildman–Crippen MR) is 145 cm³/mol. The van der Waals surface area contributed by atoms with Crippen LogP contribution in [0.4, 0.5) is 4.39 Å². The molecule has 8 heteroatoms. The van der Waals surface area contributed by atoms with Crippen molar-refractivity contribution in [3.63, 3.8) is 0 Å². The number of aryl methyl sites for hydroxylation is 1. The minimum Gasteiger partial charge on any atom is -0.435 e. The first-order valence-corrected chi connectivity index (χ1v) is 13.2. The molecule has 0 unspecified atom stereocenters. The number of ether oxygens (including phenoxy) is 2.